The molecule has 0 atom stereocenters. The molecule has 2 aromatic rings. The normalized spacial score (nSPS) is 13.0. The van der Waals surface area contributed by atoms with Gasteiger partial charge in [0.05, 0.1) is 35.1 Å². The molecular weight excluding hydrogens is 314 g/mol. The van der Waals surface area contributed by atoms with Crippen LogP contribution in [-0.4, -0.2) is 36.0 Å². The van der Waals surface area contributed by atoms with Crippen LogP contribution in [0.15, 0.2) is 42.5 Å². The number of carbonyl (C=O) groups excluding carboxylic acids is 3. The lowest BCUT2D eigenvalue weighted by atomic mass is 10.1. The van der Waals surface area contributed by atoms with Gasteiger partial charge in [-0.25, -0.2) is 14.5 Å². The number of nitrogens with zero attached hydrogens (tertiary/aromatic N) is 1. The van der Waals surface area contributed by atoms with Gasteiger partial charge < -0.3 is 9.84 Å². The summed E-state index contributed by atoms with van der Waals surface area (Å²) in [7, 11) is 1.15. The van der Waals surface area contributed by atoms with Gasteiger partial charge >= 0.3 is 11.9 Å². The van der Waals surface area contributed by atoms with E-state index in [1.165, 1.54) is 24.3 Å². The molecule has 24 heavy (non-hydrogen) atoms. The van der Waals surface area contributed by atoms with Crippen LogP contribution in [0.3, 0.4) is 0 Å². The van der Waals surface area contributed by atoms with Crippen molar-refractivity contribution in [3.63, 3.8) is 0 Å². The van der Waals surface area contributed by atoms with Crippen molar-refractivity contribution < 1.29 is 29.0 Å². The first-order chi connectivity index (χ1) is 11.5. The molecule has 1 aliphatic rings. The summed E-state index contributed by atoms with van der Waals surface area (Å²) in [6.07, 6.45) is 0. The Morgan fingerprint density at radius 3 is 2.08 bits per heavy atom. The highest BCUT2D eigenvalue weighted by molar-refractivity contribution is 6.35. The number of aromatic carboxylic acids is 1. The standard InChI is InChI=1S/C17H11NO6/c1-24-17(23)12-7-6-9(16(21)22)8-13(12)18-14(19)10-4-2-3-5-11(10)15(18)20/h2-8H,1H3,(H,21,22). The van der Waals surface area contributed by atoms with Crippen molar-refractivity contribution in [2.75, 3.05) is 12.0 Å². The lowest BCUT2D eigenvalue weighted by Crippen LogP contribution is -2.31. The molecule has 0 saturated carbocycles. The second-order valence-electron chi connectivity index (χ2n) is 5.02. The van der Waals surface area contributed by atoms with Crippen molar-refractivity contribution >= 4 is 29.4 Å². The van der Waals surface area contributed by atoms with E-state index in [1.807, 2.05) is 0 Å². The molecule has 0 aliphatic carbocycles. The topological polar surface area (TPSA) is 101 Å². The molecule has 1 heterocycles. The highest BCUT2D eigenvalue weighted by Crippen LogP contribution is 2.32. The van der Waals surface area contributed by atoms with Crippen molar-refractivity contribution in [2.45, 2.75) is 0 Å². The summed E-state index contributed by atoms with van der Waals surface area (Å²) in [5.41, 5.74) is 0.0391. The van der Waals surface area contributed by atoms with Gasteiger partial charge in [0.25, 0.3) is 11.8 Å². The first-order valence-electron chi connectivity index (χ1n) is 6.89. The number of benzene rings is 2. The Labute approximate surface area is 136 Å². The summed E-state index contributed by atoms with van der Waals surface area (Å²) < 4.78 is 4.65. The number of anilines is 1. The Morgan fingerprint density at radius 2 is 1.58 bits per heavy atom. The molecule has 0 radical (unpaired) electrons. The van der Waals surface area contributed by atoms with E-state index in [-0.39, 0.29) is 27.9 Å². The van der Waals surface area contributed by atoms with Crippen molar-refractivity contribution in [3.05, 3.63) is 64.7 Å². The molecule has 1 aliphatic heterocycles. The SMILES string of the molecule is COC(=O)c1ccc(C(=O)O)cc1N1C(=O)c2ccccc2C1=O. The summed E-state index contributed by atoms with van der Waals surface area (Å²) >= 11 is 0. The van der Waals surface area contributed by atoms with Gasteiger partial charge in [0.15, 0.2) is 0 Å². The largest absolute Gasteiger partial charge is 0.478 e. The Balaban J connectivity index is 2.20. The number of amides is 2. The number of carboxylic acids is 1. The third-order valence-corrected chi connectivity index (χ3v) is 3.68. The number of carbonyl (C=O) groups is 4. The minimum Gasteiger partial charge on any atom is -0.478 e. The van der Waals surface area contributed by atoms with Crippen molar-refractivity contribution in [3.8, 4) is 0 Å². The van der Waals surface area contributed by atoms with E-state index in [1.54, 1.807) is 12.1 Å². The Hall–Kier alpha value is -3.48. The van der Waals surface area contributed by atoms with Crippen LogP contribution in [0.1, 0.15) is 41.4 Å². The molecule has 0 saturated heterocycles. The van der Waals surface area contributed by atoms with Crippen LogP contribution in [0.5, 0.6) is 0 Å². The first kappa shape index (κ1) is 15.4. The molecular formula is C17H11NO6. The number of carboxylic acid groups (broad SMARTS) is 1. The zero-order chi connectivity index (χ0) is 17.4. The van der Waals surface area contributed by atoms with Gasteiger partial charge in [0, 0.05) is 0 Å². The molecule has 3 rings (SSSR count). The van der Waals surface area contributed by atoms with E-state index in [4.69, 9.17) is 5.11 Å². The van der Waals surface area contributed by atoms with E-state index in [9.17, 15) is 19.2 Å². The summed E-state index contributed by atoms with van der Waals surface area (Å²) in [5.74, 6) is -3.27. The van der Waals surface area contributed by atoms with Gasteiger partial charge in [-0.1, -0.05) is 12.1 Å². The minimum atomic E-state index is -1.25. The van der Waals surface area contributed by atoms with E-state index in [0.717, 1.165) is 18.1 Å². The quantitative estimate of drug-likeness (QED) is 0.684. The monoisotopic (exact) mass is 325 g/mol. The first-order valence-corrected chi connectivity index (χ1v) is 6.89. The van der Waals surface area contributed by atoms with Crippen LogP contribution in [0.2, 0.25) is 0 Å². The molecule has 0 bridgehead atoms. The third kappa shape index (κ3) is 2.23. The van der Waals surface area contributed by atoms with Crippen LogP contribution in [0, 0.1) is 0 Å². The van der Waals surface area contributed by atoms with Crippen molar-refractivity contribution in [2.24, 2.45) is 0 Å². The number of fused-ring (bicyclic) bond motifs is 1. The molecule has 0 spiro atoms. The van der Waals surface area contributed by atoms with Crippen molar-refractivity contribution in [1.29, 1.82) is 0 Å². The number of methoxy groups -OCH3 is 1. The van der Waals surface area contributed by atoms with Crippen LogP contribution in [0.4, 0.5) is 5.69 Å². The summed E-state index contributed by atoms with van der Waals surface area (Å²) in [5, 5.41) is 9.14. The van der Waals surface area contributed by atoms with Crippen molar-refractivity contribution in [1.82, 2.24) is 0 Å². The molecule has 2 aromatic carbocycles. The lowest BCUT2D eigenvalue weighted by molar-refractivity contribution is 0.0599. The summed E-state index contributed by atoms with van der Waals surface area (Å²) in [6.45, 7) is 0. The number of ether oxygens (including phenoxy) is 1. The average Bonchev–Trinajstić information content (AvgIpc) is 2.85. The summed E-state index contributed by atoms with van der Waals surface area (Å²) in [6, 6.07) is 9.74. The maximum Gasteiger partial charge on any atom is 0.339 e. The summed E-state index contributed by atoms with van der Waals surface area (Å²) in [4.78, 5) is 49.0. The molecule has 120 valence electrons. The Kier molecular flexibility index (Phi) is 3.61. The van der Waals surface area contributed by atoms with Gasteiger partial charge in [0.2, 0.25) is 0 Å². The molecule has 0 unspecified atom stereocenters. The van der Waals surface area contributed by atoms with Gasteiger partial charge in [-0.2, -0.15) is 0 Å². The van der Waals surface area contributed by atoms with Gasteiger partial charge in [0.1, 0.15) is 0 Å². The highest BCUT2D eigenvalue weighted by Gasteiger charge is 2.38. The predicted molar refractivity (Wildman–Crippen MR) is 82.3 cm³/mol. The molecule has 1 N–H and O–H groups in total. The second-order valence-corrected chi connectivity index (χ2v) is 5.02. The number of hydrogen-bond acceptors (Lipinski definition) is 5. The number of hydrogen-bond donors (Lipinski definition) is 1. The fourth-order valence-electron chi connectivity index (χ4n) is 2.54. The fourth-order valence-corrected chi connectivity index (χ4v) is 2.54. The number of esters is 1. The van der Waals surface area contributed by atoms with Crippen LogP contribution < -0.4 is 4.90 Å². The van der Waals surface area contributed by atoms with E-state index in [0.29, 0.717) is 0 Å². The molecule has 0 fully saturated rings. The second kappa shape index (κ2) is 5.62. The van der Waals surface area contributed by atoms with Crippen LogP contribution in [-0.2, 0) is 4.74 Å². The smallest absolute Gasteiger partial charge is 0.339 e. The Morgan fingerprint density at radius 1 is 1.00 bits per heavy atom. The lowest BCUT2D eigenvalue weighted by Gasteiger charge is -2.17. The van der Waals surface area contributed by atoms with E-state index in [2.05, 4.69) is 4.74 Å². The molecule has 7 nitrogen and oxygen atoms in total. The highest BCUT2D eigenvalue weighted by atomic mass is 16.5. The zero-order valence-corrected chi connectivity index (χ0v) is 12.5. The average molecular weight is 325 g/mol. The van der Waals surface area contributed by atoms with E-state index >= 15 is 0 Å². The molecule has 0 aromatic heterocycles. The zero-order valence-electron chi connectivity index (χ0n) is 12.5. The van der Waals surface area contributed by atoms with Gasteiger partial charge in [-0.15, -0.1) is 0 Å². The van der Waals surface area contributed by atoms with E-state index < -0.39 is 23.8 Å². The van der Waals surface area contributed by atoms with Gasteiger partial charge in [-0.3, -0.25) is 9.59 Å². The molecule has 2 amide bonds. The number of imide groups is 1. The fraction of sp³-hybridized carbons (Fsp3) is 0.0588. The molecule has 7 heteroatoms. The Bertz CT molecular complexity index is 867. The van der Waals surface area contributed by atoms with Gasteiger partial charge in [-0.05, 0) is 30.3 Å². The number of rotatable bonds is 3. The third-order valence-electron chi connectivity index (χ3n) is 3.68. The van der Waals surface area contributed by atoms with Crippen LogP contribution >= 0.6 is 0 Å². The predicted octanol–water partition coefficient (Wildman–Crippen LogP) is 1.97. The maximum atomic E-state index is 12.6. The van der Waals surface area contributed by atoms with Crippen LogP contribution in [0.25, 0.3) is 0 Å². The minimum absolute atomic E-state index is 0.0722. The maximum absolute atomic E-state index is 12.6.